The topological polar surface area (TPSA) is 59.4 Å². The number of ketones is 1. The van der Waals surface area contributed by atoms with Crippen LogP contribution in [-0.4, -0.2) is 29.1 Å². The van der Waals surface area contributed by atoms with Crippen LogP contribution in [-0.2, 0) is 12.6 Å². The Labute approximate surface area is 195 Å². The molecule has 176 valence electrons. The van der Waals surface area contributed by atoms with E-state index in [-0.39, 0.29) is 31.3 Å². The van der Waals surface area contributed by atoms with E-state index in [4.69, 9.17) is 9.84 Å². The molecule has 0 aliphatic heterocycles. The minimum atomic E-state index is -4.38. The lowest BCUT2D eigenvalue weighted by Gasteiger charge is -2.09. The summed E-state index contributed by atoms with van der Waals surface area (Å²) in [5.74, 6) is 0.787. The lowest BCUT2D eigenvalue weighted by molar-refractivity contribution is -0.137. The number of hydrogen-bond acceptors (Lipinski definition) is 5. The maximum absolute atomic E-state index is 12.9. The van der Waals surface area contributed by atoms with Crippen LogP contribution < -0.4 is 4.74 Å². The number of aliphatic hydroxyl groups is 1. The van der Waals surface area contributed by atoms with Gasteiger partial charge in [0.05, 0.1) is 17.9 Å². The maximum Gasteiger partial charge on any atom is 0.416 e. The quantitative estimate of drug-likeness (QED) is 0.360. The van der Waals surface area contributed by atoms with Crippen molar-refractivity contribution >= 4 is 17.1 Å². The average Bonchev–Trinajstić information content (AvgIpc) is 3.21. The van der Waals surface area contributed by atoms with Gasteiger partial charge in [-0.05, 0) is 55.2 Å². The van der Waals surface area contributed by atoms with Gasteiger partial charge in [0.25, 0.3) is 0 Å². The highest BCUT2D eigenvalue weighted by molar-refractivity contribution is 7.15. The van der Waals surface area contributed by atoms with E-state index in [1.54, 1.807) is 18.2 Å². The molecule has 0 aliphatic rings. The maximum atomic E-state index is 12.9. The molecule has 0 fully saturated rings. The lowest BCUT2D eigenvalue weighted by Crippen LogP contribution is -2.06. The summed E-state index contributed by atoms with van der Waals surface area (Å²) in [5, 5.41) is 9.54. The second-order valence-electron chi connectivity index (χ2n) is 8.04. The first-order valence-electron chi connectivity index (χ1n) is 10.6. The zero-order chi connectivity index (χ0) is 24.2. The van der Waals surface area contributed by atoms with Crippen molar-refractivity contribution in [2.75, 3.05) is 13.2 Å². The molecule has 1 N–H and O–H groups in total. The van der Waals surface area contributed by atoms with Gasteiger partial charge in [-0.3, -0.25) is 4.79 Å². The standard InChI is InChI=1S/C25H26F3NO3S/c1-15(2)23-20(29-24(33-23)17-4-7-19(8-5-17)25(26,27)28)9-10-21(31)18-6-11-22(16(3)14-18)32-13-12-30/h4-8,11,14-15,30H,9-10,12-13H2,1-3H3. The van der Waals surface area contributed by atoms with Crippen molar-refractivity contribution in [2.24, 2.45) is 0 Å². The monoisotopic (exact) mass is 477 g/mol. The van der Waals surface area contributed by atoms with Crippen LogP contribution in [0.3, 0.4) is 0 Å². The van der Waals surface area contributed by atoms with E-state index in [1.165, 1.54) is 23.5 Å². The smallest absolute Gasteiger partial charge is 0.416 e. The molecule has 8 heteroatoms. The molecule has 0 radical (unpaired) electrons. The number of alkyl halides is 3. The third-order valence-corrected chi connectivity index (χ3v) is 6.59. The van der Waals surface area contributed by atoms with Gasteiger partial charge >= 0.3 is 6.18 Å². The summed E-state index contributed by atoms with van der Waals surface area (Å²) in [6.07, 6.45) is -3.66. The van der Waals surface area contributed by atoms with Crippen LogP contribution in [0, 0.1) is 6.92 Å². The average molecular weight is 478 g/mol. The number of aliphatic hydroxyl groups excluding tert-OH is 1. The summed E-state index contributed by atoms with van der Waals surface area (Å²) in [4.78, 5) is 18.5. The van der Waals surface area contributed by atoms with Gasteiger partial charge in [-0.2, -0.15) is 13.2 Å². The first-order valence-corrected chi connectivity index (χ1v) is 11.5. The Balaban J connectivity index is 1.75. The Hall–Kier alpha value is -2.71. The van der Waals surface area contributed by atoms with Crippen LogP contribution in [0.4, 0.5) is 13.2 Å². The number of thiazole rings is 1. The Kier molecular flexibility index (Phi) is 7.92. The number of hydrogen-bond donors (Lipinski definition) is 1. The van der Waals surface area contributed by atoms with Crippen molar-refractivity contribution in [3.05, 3.63) is 69.7 Å². The van der Waals surface area contributed by atoms with Crippen molar-refractivity contribution in [3.63, 3.8) is 0 Å². The Bertz CT molecular complexity index is 1110. The number of Topliss-reactive ketones (excluding diaryl/α,β-unsaturated/α-hetero) is 1. The fourth-order valence-corrected chi connectivity index (χ4v) is 4.55. The van der Waals surface area contributed by atoms with E-state index in [9.17, 15) is 18.0 Å². The highest BCUT2D eigenvalue weighted by atomic mass is 32.1. The summed E-state index contributed by atoms with van der Waals surface area (Å²) in [6.45, 7) is 6.02. The molecule has 3 aromatic rings. The van der Waals surface area contributed by atoms with Crippen molar-refractivity contribution in [1.29, 1.82) is 0 Å². The Morgan fingerprint density at radius 1 is 1.15 bits per heavy atom. The third kappa shape index (κ3) is 6.21. The number of benzene rings is 2. The fraction of sp³-hybridized carbons (Fsp3) is 0.360. The van der Waals surface area contributed by atoms with Crippen LogP contribution in [0.5, 0.6) is 5.75 Å². The van der Waals surface area contributed by atoms with E-state index < -0.39 is 11.7 Å². The predicted octanol–water partition coefficient (Wildman–Crippen LogP) is 6.45. The van der Waals surface area contributed by atoms with Gasteiger partial charge < -0.3 is 9.84 Å². The second kappa shape index (κ2) is 10.5. The number of aryl methyl sites for hydroxylation is 2. The molecule has 0 unspecified atom stereocenters. The number of rotatable bonds is 9. The second-order valence-corrected chi connectivity index (χ2v) is 9.07. The summed E-state index contributed by atoms with van der Waals surface area (Å²) >= 11 is 1.45. The molecule has 33 heavy (non-hydrogen) atoms. The largest absolute Gasteiger partial charge is 0.491 e. The predicted molar refractivity (Wildman–Crippen MR) is 123 cm³/mol. The first kappa shape index (κ1) is 24.9. The van der Waals surface area contributed by atoms with Gasteiger partial charge in [0.2, 0.25) is 0 Å². The van der Waals surface area contributed by atoms with E-state index in [2.05, 4.69) is 4.98 Å². The summed E-state index contributed by atoms with van der Waals surface area (Å²) < 4.78 is 44.0. The SMILES string of the molecule is Cc1cc(C(=O)CCc2nc(-c3ccc(C(F)(F)F)cc3)sc2C(C)C)ccc1OCCO. The molecule has 1 heterocycles. The van der Waals surface area contributed by atoms with Crippen molar-refractivity contribution in [2.45, 2.75) is 45.7 Å². The number of carbonyl (C=O) groups excluding carboxylic acids is 1. The highest BCUT2D eigenvalue weighted by Gasteiger charge is 2.30. The molecule has 0 spiro atoms. The Morgan fingerprint density at radius 3 is 2.42 bits per heavy atom. The third-order valence-electron chi connectivity index (χ3n) is 5.15. The van der Waals surface area contributed by atoms with Crippen molar-refractivity contribution in [1.82, 2.24) is 4.98 Å². The fourth-order valence-electron chi connectivity index (χ4n) is 3.44. The zero-order valence-electron chi connectivity index (χ0n) is 18.7. The van der Waals surface area contributed by atoms with Crippen molar-refractivity contribution in [3.8, 4) is 16.3 Å². The van der Waals surface area contributed by atoms with Crippen LogP contribution in [0.1, 0.15) is 58.2 Å². The van der Waals surface area contributed by atoms with Gasteiger partial charge in [-0.25, -0.2) is 4.98 Å². The summed E-state index contributed by atoms with van der Waals surface area (Å²) in [7, 11) is 0. The molecule has 0 aliphatic carbocycles. The summed E-state index contributed by atoms with van der Waals surface area (Å²) in [6, 6.07) is 10.2. The number of carbonyl (C=O) groups is 1. The van der Waals surface area contributed by atoms with Gasteiger partial charge in [0.15, 0.2) is 5.78 Å². The molecule has 0 saturated heterocycles. The van der Waals surface area contributed by atoms with Crippen LogP contribution in [0.2, 0.25) is 0 Å². The van der Waals surface area contributed by atoms with E-state index in [0.717, 1.165) is 28.3 Å². The van der Waals surface area contributed by atoms with Crippen LogP contribution in [0.25, 0.3) is 10.6 Å². The molecule has 4 nitrogen and oxygen atoms in total. The molecular formula is C25H26F3NO3S. The van der Waals surface area contributed by atoms with E-state index in [0.29, 0.717) is 28.3 Å². The molecular weight excluding hydrogens is 451 g/mol. The first-order chi connectivity index (χ1) is 15.6. The molecule has 0 amide bonds. The molecule has 1 aromatic heterocycles. The number of aromatic nitrogens is 1. The van der Waals surface area contributed by atoms with E-state index in [1.807, 2.05) is 20.8 Å². The minimum Gasteiger partial charge on any atom is -0.491 e. The van der Waals surface area contributed by atoms with E-state index >= 15 is 0 Å². The highest BCUT2D eigenvalue weighted by Crippen LogP contribution is 2.36. The summed E-state index contributed by atoms with van der Waals surface area (Å²) in [5.41, 5.74) is 2.13. The number of halogens is 3. The molecule has 0 bridgehead atoms. The van der Waals surface area contributed by atoms with Crippen LogP contribution in [0.15, 0.2) is 42.5 Å². The molecule has 0 saturated carbocycles. The Morgan fingerprint density at radius 2 is 1.85 bits per heavy atom. The van der Waals surface area contributed by atoms with Gasteiger partial charge in [-0.1, -0.05) is 26.0 Å². The van der Waals surface area contributed by atoms with Gasteiger partial charge in [0.1, 0.15) is 17.4 Å². The molecule has 3 rings (SSSR count). The normalized spacial score (nSPS) is 11.8. The van der Waals surface area contributed by atoms with Gasteiger partial charge in [0, 0.05) is 22.4 Å². The van der Waals surface area contributed by atoms with Gasteiger partial charge in [-0.15, -0.1) is 11.3 Å². The minimum absolute atomic E-state index is 0.0226. The number of ether oxygens (including phenoxy) is 1. The van der Waals surface area contributed by atoms with Crippen molar-refractivity contribution < 1.29 is 27.8 Å². The number of nitrogens with zero attached hydrogens (tertiary/aromatic N) is 1. The lowest BCUT2D eigenvalue weighted by atomic mass is 10.0. The zero-order valence-corrected chi connectivity index (χ0v) is 19.5. The molecule has 0 atom stereocenters. The van der Waals surface area contributed by atoms with Crippen LogP contribution >= 0.6 is 11.3 Å². The molecule has 2 aromatic carbocycles.